The highest BCUT2D eigenvalue weighted by molar-refractivity contribution is 5.79. The Morgan fingerprint density at radius 2 is 1.43 bits per heavy atom. The summed E-state index contributed by atoms with van der Waals surface area (Å²) in [6, 6.07) is 3.21. The van der Waals surface area contributed by atoms with E-state index < -0.39 is 41.8 Å². The van der Waals surface area contributed by atoms with Crippen LogP contribution in [0.1, 0.15) is 78.7 Å². The minimum absolute atomic E-state index is 0.00905. The fourth-order valence-electron chi connectivity index (χ4n) is 3.81. The molecule has 0 saturated heterocycles. The number of carboxylic acids is 1. The Labute approximate surface area is 207 Å². The Morgan fingerprint density at radius 3 is 1.89 bits per heavy atom. The maximum absolute atomic E-state index is 12.7. The van der Waals surface area contributed by atoms with E-state index in [2.05, 4.69) is 0 Å². The third kappa shape index (κ3) is 9.32. The van der Waals surface area contributed by atoms with E-state index in [1.54, 1.807) is 26.8 Å². The van der Waals surface area contributed by atoms with E-state index in [-0.39, 0.29) is 29.9 Å². The van der Waals surface area contributed by atoms with Gasteiger partial charge in [0.2, 0.25) is 0 Å². The molecule has 0 saturated carbocycles. The van der Waals surface area contributed by atoms with Gasteiger partial charge < -0.3 is 25.1 Å². The van der Waals surface area contributed by atoms with Crippen LogP contribution in [0, 0.1) is 17.8 Å². The van der Waals surface area contributed by atoms with Gasteiger partial charge in [0.05, 0.1) is 18.4 Å². The number of carbonyl (C=O) groups is 4. The minimum Gasteiger partial charge on any atom is -0.480 e. The molecule has 0 fully saturated rings. The highest BCUT2D eigenvalue weighted by atomic mass is 16.6. The lowest BCUT2D eigenvalue weighted by atomic mass is 9.82. The van der Waals surface area contributed by atoms with Gasteiger partial charge >= 0.3 is 23.9 Å². The van der Waals surface area contributed by atoms with E-state index in [0.29, 0.717) is 18.4 Å². The molecule has 0 heterocycles. The minimum atomic E-state index is -1.32. The molecule has 35 heavy (non-hydrogen) atoms. The first kappa shape index (κ1) is 30.1. The monoisotopic (exact) mass is 493 g/mol. The molecule has 0 aliphatic rings. The number of rotatable bonds is 14. The average Bonchev–Trinajstić information content (AvgIpc) is 2.79. The molecule has 5 atom stereocenters. The second kappa shape index (κ2) is 14.5. The molecular formula is C26H39NO8. The number of benzene rings is 1. The van der Waals surface area contributed by atoms with E-state index in [0.717, 1.165) is 12.8 Å². The molecule has 0 amide bonds. The number of carboxylic acid groups (broad SMARTS) is 1. The quantitative estimate of drug-likeness (QED) is 0.290. The standard InChI is InChI=1S/C26H39NO8/c1-7-9-15(3)25(31)34-20-12-11-19(13-21(20)35-26(32)16(4)10-8-2)22(23(27)24(29)30)17(5)14-33-18(6)28/h11-13,15-17,22-23H,7-10,14,27H2,1-6H3,(H,29,30)/t15?,16?,17?,22?,23-/m0/s1. The van der Waals surface area contributed by atoms with E-state index in [1.807, 2.05) is 13.8 Å². The summed E-state index contributed by atoms with van der Waals surface area (Å²) >= 11 is 0. The summed E-state index contributed by atoms with van der Waals surface area (Å²) in [7, 11) is 0. The van der Waals surface area contributed by atoms with Crippen molar-refractivity contribution < 1.29 is 38.5 Å². The Hall–Kier alpha value is -2.94. The van der Waals surface area contributed by atoms with Gasteiger partial charge in [-0.15, -0.1) is 0 Å². The largest absolute Gasteiger partial charge is 0.480 e. The molecule has 0 aliphatic heterocycles. The molecule has 4 unspecified atom stereocenters. The van der Waals surface area contributed by atoms with Gasteiger partial charge in [0.15, 0.2) is 11.5 Å². The molecule has 0 aromatic heterocycles. The van der Waals surface area contributed by atoms with Gasteiger partial charge in [0.1, 0.15) is 6.04 Å². The normalized spacial score (nSPS) is 15.3. The van der Waals surface area contributed by atoms with Crippen LogP contribution in [0.25, 0.3) is 0 Å². The SMILES string of the molecule is CCCC(C)C(=O)Oc1ccc(C(C(C)COC(C)=O)[C@H](N)C(=O)O)cc1OC(=O)C(C)CCC. The maximum atomic E-state index is 12.7. The van der Waals surface area contributed by atoms with Crippen molar-refractivity contribution in [2.24, 2.45) is 23.5 Å². The molecule has 1 aromatic carbocycles. The van der Waals surface area contributed by atoms with Gasteiger partial charge in [0, 0.05) is 12.8 Å². The first-order valence-electron chi connectivity index (χ1n) is 12.1. The van der Waals surface area contributed by atoms with Gasteiger partial charge in [0.25, 0.3) is 0 Å². The summed E-state index contributed by atoms with van der Waals surface area (Å²) in [5.74, 6) is -4.58. The summed E-state index contributed by atoms with van der Waals surface area (Å²) in [4.78, 5) is 48.2. The fourth-order valence-corrected chi connectivity index (χ4v) is 3.81. The summed E-state index contributed by atoms with van der Waals surface area (Å²) in [5, 5.41) is 9.58. The highest BCUT2D eigenvalue weighted by Gasteiger charge is 2.33. The lowest BCUT2D eigenvalue weighted by Gasteiger charge is -2.28. The molecule has 0 bridgehead atoms. The summed E-state index contributed by atoms with van der Waals surface area (Å²) in [6.07, 6.45) is 2.85. The molecule has 9 nitrogen and oxygen atoms in total. The topological polar surface area (TPSA) is 142 Å². The number of aliphatic carboxylic acids is 1. The van der Waals surface area contributed by atoms with Gasteiger partial charge in [-0.1, -0.05) is 53.5 Å². The lowest BCUT2D eigenvalue weighted by Crippen LogP contribution is -2.40. The Kier molecular flexibility index (Phi) is 12.4. The molecule has 0 radical (unpaired) electrons. The second-order valence-corrected chi connectivity index (χ2v) is 9.10. The number of esters is 3. The average molecular weight is 494 g/mol. The van der Waals surface area contributed by atoms with Gasteiger partial charge in [-0.25, -0.2) is 0 Å². The Bertz CT molecular complexity index is 884. The van der Waals surface area contributed by atoms with Crippen LogP contribution in [0.5, 0.6) is 11.5 Å². The molecule has 0 spiro atoms. The fraction of sp³-hybridized carbons (Fsp3) is 0.615. The van der Waals surface area contributed by atoms with Crippen LogP contribution < -0.4 is 15.2 Å². The smallest absolute Gasteiger partial charge is 0.321 e. The van der Waals surface area contributed by atoms with Crippen LogP contribution in [0.3, 0.4) is 0 Å². The number of hydrogen-bond donors (Lipinski definition) is 2. The van der Waals surface area contributed by atoms with Crippen LogP contribution in [-0.2, 0) is 23.9 Å². The van der Waals surface area contributed by atoms with E-state index in [1.165, 1.54) is 19.1 Å². The molecule has 1 rings (SSSR count). The molecule has 196 valence electrons. The van der Waals surface area contributed by atoms with Crippen molar-refractivity contribution in [3.05, 3.63) is 23.8 Å². The summed E-state index contributed by atoms with van der Waals surface area (Å²) in [6.45, 7) is 10.3. The lowest BCUT2D eigenvalue weighted by molar-refractivity contribution is -0.143. The molecule has 3 N–H and O–H groups in total. The molecule has 1 aromatic rings. The van der Waals surface area contributed by atoms with Crippen LogP contribution in [0.4, 0.5) is 0 Å². The number of carbonyl (C=O) groups excluding carboxylic acids is 3. The van der Waals surface area contributed by atoms with Crippen LogP contribution in [0.15, 0.2) is 18.2 Å². The van der Waals surface area contributed by atoms with Crippen molar-refractivity contribution in [3.63, 3.8) is 0 Å². The van der Waals surface area contributed by atoms with Gasteiger partial charge in [-0.05, 0) is 36.5 Å². The highest BCUT2D eigenvalue weighted by Crippen LogP contribution is 2.36. The third-order valence-corrected chi connectivity index (χ3v) is 5.86. The van der Waals surface area contributed by atoms with E-state index in [9.17, 15) is 24.3 Å². The molecule has 0 aliphatic carbocycles. The van der Waals surface area contributed by atoms with Crippen molar-refractivity contribution in [2.45, 2.75) is 79.2 Å². The Morgan fingerprint density at radius 1 is 0.914 bits per heavy atom. The first-order valence-corrected chi connectivity index (χ1v) is 12.1. The van der Waals surface area contributed by atoms with Crippen LogP contribution >= 0.6 is 0 Å². The van der Waals surface area contributed by atoms with Crippen LogP contribution in [-0.4, -0.2) is 41.6 Å². The van der Waals surface area contributed by atoms with Crippen LogP contribution in [0.2, 0.25) is 0 Å². The first-order chi connectivity index (χ1) is 16.4. The predicted molar refractivity (Wildman–Crippen MR) is 130 cm³/mol. The summed E-state index contributed by atoms with van der Waals surface area (Å²) < 4.78 is 16.2. The van der Waals surface area contributed by atoms with Crippen molar-refractivity contribution in [2.75, 3.05) is 6.61 Å². The van der Waals surface area contributed by atoms with Gasteiger partial charge in [-0.2, -0.15) is 0 Å². The van der Waals surface area contributed by atoms with E-state index >= 15 is 0 Å². The third-order valence-electron chi connectivity index (χ3n) is 5.86. The van der Waals surface area contributed by atoms with Crippen molar-refractivity contribution in [1.29, 1.82) is 0 Å². The number of hydrogen-bond acceptors (Lipinski definition) is 8. The predicted octanol–water partition coefficient (Wildman–Crippen LogP) is 4.06. The molecule has 9 heteroatoms. The van der Waals surface area contributed by atoms with E-state index in [4.69, 9.17) is 19.9 Å². The summed E-state index contributed by atoms with van der Waals surface area (Å²) in [5.41, 5.74) is 6.45. The van der Waals surface area contributed by atoms with Crippen molar-refractivity contribution in [1.82, 2.24) is 0 Å². The molecular weight excluding hydrogens is 454 g/mol. The number of ether oxygens (including phenoxy) is 3. The van der Waals surface area contributed by atoms with Gasteiger partial charge in [-0.3, -0.25) is 19.2 Å². The maximum Gasteiger partial charge on any atom is 0.321 e. The zero-order valence-electron chi connectivity index (χ0n) is 21.5. The number of nitrogens with two attached hydrogens (primary N) is 1. The van der Waals surface area contributed by atoms with Crippen molar-refractivity contribution in [3.8, 4) is 11.5 Å². The Balaban J connectivity index is 3.44. The zero-order valence-corrected chi connectivity index (χ0v) is 21.5. The second-order valence-electron chi connectivity index (χ2n) is 9.10. The zero-order chi connectivity index (χ0) is 26.7. The van der Waals surface area contributed by atoms with Crippen molar-refractivity contribution >= 4 is 23.9 Å².